The Morgan fingerprint density at radius 1 is 1.42 bits per heavy atom. The lowest BCUT2D eigenvalue weighted by molar-refractivity contribution is 0.108. The quantitative estimate of drug-likeness (QED) is 0.852. The molecule has 0 saturated carbocycles. The topological polar surface area (TPSA) is 45.7 Å². The molecule has 2 heterocycles. The van der Waals surface area contributed by atoms with Crippen LogP contribution >= 0.6 is 11.3 Å². The Kier molecular flexibility index (Phi) is 5.15. The van der Waals surface area contributed by atoms with Crippen molar-refractivity contribution in [2.75, 3.05) is 32.8 Å². The van der Waals surface area contributed by atoms with Crippen molar-refractivity contribution in [3.05, 3.63) is 16.1 Å². The van der Waals surface area contributed by atoms with Gasteiger partial charge < -0.3 is 9.64 Å². The maximum atomic E-state index is 11.7. The Hall–Kier alpha value is -1.14. The summed E-state index contributed by atoms with van der Waals surface area (Å²) < 4.78 is 5.05. The highest BCUT2D eigenvalue weighted by Gasteiger charge is 2.20. The van der Waals surface area contributed by atoms with E-state index in [4.69, 9.17) is 4.74 Å². The Morgan fingerprint density at radius 3 is 2.95 bits per heavy atom. The van der Waals surface area contributed by atoms with E-state index in [0.29, 0.717) is 6.61 Å². The van der Waals surface area contributed by atoms with Crippen molar-refractivity contribution in [2.45, 2.75) is 26.8 Å². The molecule has 1 amide bonds. The van der Waals surface area contributed by atoms with Crippen LogP contribution < -0.4 is 0 Å². The maximum absolute atomic E-state index is 11.7. The van der Waals surface area contributed by atoms with Crippen molar-refractivity contribution >= 4 is 17.4 Å². The van der Waals surface area contributed by atoms with Crippen LogP contribution in [0.5, 0.6) is 0 Å². The van der Waals surface area contributed by atoms with Gasteiger partial charge in [0.15, 0.2) is 0 Å². The van der Waals surface area contributed by atoms with Gasteiger partial charge in [0.2, 0.25) is 0 Å². The second kappa shape index (κ2) is 6.86. The van der Waals surface area contributed by atoms with Crippen molar-refractivity contribution in [2.24, 2.45) is 0 Å². The highest BCUT2D eigenvalue weighted by atomic mass is 32.1. The molecule has 0 N–H and O–H groups in total. The van der Waals surface area contributed by atoms with Gasteiger partial charge in [-0.2, -0.15) is 0 Å². The van der Waals surface area contributed by atoms with Crippen molar-refractivity contribution in [1.29, 1.82) is 0 Å². The molecule has 0 aliphatic carbocycles. The highest BCUT2D eigenvalue weighted by molar-refractivity contribution is 7.11. The van der Waals surface area contributed by atoms with E-state index >= 15 is 0 Å². The minimum atomic E-state index is -0.182. The molecule has 1 aliphatic rings. The van der Waals surface area contributed by atoms with Gasteiger partial charge in [0, 0.05) is 43.8 Å². The predicted molar refractivity (Wildman–Crippen MR) is 75.3 cm³/mol. The minimum Gasteiger partial charge on any atom is -0.450 e. The molecular weight excluding hydrogens is 262 g/mol. The first-order valence-corrected chi connectivity index (χ1v) is 7.56. The molecule has 6 heteroatoms. The van der Waals surface area contributed by atoms with Crippen LogP contribution in [0.2, 0.25) is 0 Å². The molecule has 1 saturated heterocycles. The number of ether oxygens (including phenoxy) is 1. The van der Waals surface area contributed by atoms with Gasteiger partial charge in [0.05, 0.1) is 11.6 Å². The van der Waals surface area contributed by atoms with E-state index in [-0.39, 0.29) is 6.09 Å². The molecule has 0 atom stereocenters. The van der Waals surface area contributed by atoms with Gasteiger partial charge in [0.1, 0.15) is 0 Å². The summed E-state index contributed by atoms with van der Waals surface area (Å²) in [6, 6.07) is 0. The van der Waals surface area contributed by atoms with Crippen LogP contribution in [0.4, 0.5) is 4.79 Å². The van der Waals surface area contributed by atoms with Crippen LogP contribution in [0.25, 0.3) is 0 Å². The average Bonchev–Trinajstić information content (AvgIpc) is 2.64. The SMILES string of the molecule is CCOC(=O)N1CCCN(Cc2cnc(C)s2)CC1. The van der Waals surface area contributed by atoms with Gasteiger partial charge in [-0.05, 0) is 20.3 Å². The summed E-state index contributed by atoms with van der Waals surface area (Å²) in [4.78, 5) is 21.5. The Labute approximate surface area is 118 Å². The summed E-state index contributed by atoms with van der Waals surface area (Å²) in [5, 5.41) is 1.11. The number of hydrogen-bond acceptors (Lipinski definition) is 5. The molecule has 5 nitrogen and oxygen atoms in total. The normalized spacial score (nSPS) is 17.3. The molecule has 0 bridgehead atoms. The Bertz CT molecular complexity index is 422. The maximum Gasteiger partial charge on any atom is 0.409 e. The van der Waals surface area contributed by atoms with E-state index in [1.54, 1.807) is 16.2 Å². The van der Waals surface area contributed by atoms with Crippen molar-refractivity contribution < 1.29 is 9.53 Å². The van der Waals surface area contributed by atoms with Gasteiger partial charge >= 0.3 is 6.09 Å². The van der Waals surface area contributed by atoms with Crippen molar-refractivity contribution in [3.63, 3.8) is 0 Å². The third-order valence-corrected chi connectivity index (χ3v) is 4.06. The van der Waals surface area contributed by atoms with Crippen LogP contribution in [-0.4, -0.2) is 53.7 Å². The molecule has 106 valence electrons. The fraction of sp³-hybridized carbons (Fsp3) is 0.692. The number of amides is 1. The van der Waals surface area contributed by atoms with Crippen LogP contribution in [0, 0.1) is 6.92 Å². The van der Waals surface area contributed by atoms with Gasteiger partial charge in [-0.15, -0.1) is 11.3 Å². The summed E-state index contributed by atoms with van der Waals surface area (Å²) in [7, 11) is 0. The van der Waals surface area contributed by atoms with E-state index in [0.717, 1.165) is 44.2 Å². The van der Waals surface area contributed by atoms with Crippen LogP contribution in [0.15, 0.2) is 6.20 Å². The lowest BCUT2D eigenvalue weighted by atomic mass is 10.4. The molecule has 1 aliphatic heterocycles. The summed E-state index contributed by atoms with van der Waals surface area (Å²) in [6.45, 7) is 8.70. The molecule has 0 unspecified atom stereocenters. The number of aromatic nitrogens is 1. The zero-order chi connectivity index (χ0) is 13.7. The lowest BCUT2D eigenvalue weighted by Crippen LogP contribution is -2.35. The Balaban J connectivity index is 1.84. The van der Waals surface area contributed by atoms with E-state index in [9.17, 15) is 4.79 Å². The number of rotatable bonds is 3. The van der Waals surface area contributed by atoms with Crippen molar-refractivity contribution in [1.82, 2.24) is 14.8 Å². The van der Waals surface area contributed by atoms with E-state index in [1.165, 1.54) is 4.88 Å². The molecule has 1 aromatic rings. The largest absolute Gasteiger partial charge is 0.450 e. The third-order valence-electron chi connectivity index (χ3n) is 3.16. The third kappa shape index (κ3) is 4.18. The minimum absolute atomic E-state index is 0.182. The molecule has 0 spiro atoms. The van der Waals surface area contributed by atoms with E-state index in [1.807, 2.05) is 20.0 Å². The zero-order valence-electron chi connectivity index (χ0n) is 11.6. The second-order valence-corrected chi connectivity index (χ2v) is 5.98. The zero-order valence-corrected chi connectivity index (χ0v) is 12.4. The van der Waals surface area contributed by atoms with Gasteiger partial charge in [-0.3, -0.25) is 4.90 Å². The summed E-state index contributed by atoms with van der Waals surface area (Å²) >= 11 is 1.75. The second-order valence-electron chi connectivity index (χ2n) is 4.66. The Morgan fingerprint density at radius 2 is 2.26 bits per heavy atom. The molecule has 1 fully saturated rings. The molecule has 2 rings (SSSR count). The molecule has 0 aromatic carbocycles. The average molecular weight is 283 g/mol. The number of nitrogens with zero attached hydrogens (tertiary/aromatic N) is 3. The first-order valence-electron chi connectivity index (χ1n) is 6.74. The van der Waals surface area contributed by atoms with Crippen LogP contribution in [0.1, 0.15) is 23.2 Å². The molecular formula is C13H21N3O2S. The van der Waals surface area contributed by atoms with Gasteiger partial charge in [-0.25, -0.2) is 9.78 Å². The number of carbonyl (C=O) groups is 1. The number of hydrogen-bond donors (Lipinski definition) is 0. The molecule has 19 heavy (non-hydrogen) atoms. The lowest BCUT2D eigenvalue weighted by Gasteiger charge is -2.20. The number of thiazole rings is 1. The van der Waals surface area contributed by atoms with E-state index in [2.05, 4.69) is 9.88 Å². The first-order chi connectivity index (χ1) is 9.19. The summed E-state index contributed by atoms with van der Waals surface area (Å²) in [6.07, 6.45) is 2.77. The first kappa shape index (κ1) is 14.3. The van der Waals surface area contributed by atoms with Gasteiger partial charge in [-0.1, -0.05) is 0 Å². The molecule has 1 aromatic heterocycles. The summed E-state index contributed by atoms with van der Waals surface area (Å²) in [5.41, 5.74) is 0. The van der Waals surface area contributed by atoms with Crippen LogP contribution in [-0.2, 0) is 11.3 Å². The van der Waals surface area contributed by atoms with Gasteiger partial charge in [0.25, 0.3) is 0 Å². The standard InChI is InChI=1S/C13H21N3O2S/c1-3-18-13(17)16-6-4-5-15(7-8-16)10-12-9-14-11(2)19-12/h9H,3-8,10H2,1-2H3. The monoisotopic (exact) mass is 283 g/mol. The summed E-state index contributed by atoms with van der Waals surface area (Å²) in [5.74, 6) is 0. The number of carbonyl (C=O) groups excluding carboxylic acids is 1. The highest BCUT2D eigenvalue weighted by Crippen LogP contribution is 2.15. The fourth-order valence-corrected chi connectivity index (χ4v) is 3.06. The van der Waals surface area contributed by atoms with E-state index < -0.39 is 0 Å². The number of aryl methyl sites for hydroxylation is 1. The van der Waals surface area contributed by atoms with Crippen molar-refractivity contribution in [3.8, 4) is 0 Å². The molecule has 0 radical (unpaired) electrons. The fourth-order valence-electron chi connectivity index (χ4n) is 2.23. The smallest absolute Gasteiger partial charge is 0.409 e. The van der Waals surface area contributed by atoms with Crippen LogP contribution in [0.3, 0.4) is 0 Å². The predicted octanol–water partition coefficient (Wildman–Crippen LogP) is 2.12.